The van der Waals surface area contributed by atoms with Crippen molar-refractivity contribution in [1.82, 2.24) is 10.6 Å². The minimum atomic E-state index is -4.44. The fourth-order valence-electron chi connectivity index (χ4n) is 13.6. The van der Waals surface area contributed by atoms with Crippen molar-refractivity contribution in [3.63, 3.8) is 0 Å². The topological polar surface area (TPSA) is 306 Å². The van der Waals surface area contributed by atoms with E-state index in [1.54, 1.807) is 0 Å². The van der Waals surface area contributed by atoms with Gasteiger partial charge in [-0.15, -0.1) is 0 Å². The van der Waals surface area contributed by atoms with Crippen LogP contribution in [0.15, 0.2) is 0 Å². The third-order valence-electron chi connectivity index (χ3n) is 19.7. The summed E-state index contributed by atoms with van der Waals surface area (Å²) in [6.07, 6.45) is 28.6. The van der Waals surface area contributed by atoms with E-state index in [1.165, 1.54) is 141 Å². The Kier molecular flexibility index (Phi) is 54.3. The molecule has 0 aliphatic carbocycles. The lowest BCUT2D eigenvalue weighted by atomic mass is 9.95. The average Bonchev–Trinajstić information content (AvgIpc) is 0.795. The van der Waals surface area contributed by atoms with Gasteiger partial charge in [-0.1, -0.05) is 299 Å². The van der Waals surface area contributed by atoms with Gasteiger partial charge < -0.3 is 69.9 Å². The number of aliphatic hydroxyl groups is 6. The van der Waals surface area contributed by atoms with E-state index in [9.17, 15) is 59.3 Å². The zero-order valence-electron chi connectivity index (χ0n) is 63.7. The molecule has 584 valence electrons. The number of esters is 2. The number of aliphatic hydroxyl groups excluding tert-OH is 6. The molecule has 99 heavy (non-hydrogen) atoms. The van der Waals surface area contributed by atoms with E-state index in [2.05, 4.69) is 59.1 Å². The van der Waals surface area contributed by atoms with Gasteiger partial charge in [-0.3, -0.25) is 28.3 Å². The number of ether oxygens (including phenoxy) is 5. The quantitative estimate of drug-likeness (QED) is 0.0155. The molecule has 2 aliphatic rings. The van der Waals surface area contributed by atoms with Crippen LogP contribution in [-0.2, 0) is 52.0 Å². The van der Waals surface area contributed by atoms with Gasteiger partial charge in [0.1, 0.15) is 48.7 Å². The number of nitrogens with one attached hydrogen (secondary N) is 2. The molecule has 14 atom stereocenters. The molecule has 2 saturated heterocycles. The van der Waals surface area contributed by atoms with Crippen LogP contribution in [0.1, 0.15) is 357 Å². The van der Waals surface area contributed by atoms with Crippen molar-refractivity contribution in [2.45, 2.75) is 436 Å². The van der Waals surface area contributed by atoms with Crippen LogP contribution in [0, 0.1) is 17.8 Å². The molecule has 0 radical (unpaired) electrons. The molecule has 0 saturated carbocycles. The SMILES string of the molecule is CCCCCCCCCCCCCCCC(=O)OC(CCCCCCCCCCCC(C)C)CC(=O)NC1[C@H](OCC2O[C@H](OP(C)(=O)O)C(NC(=O)CC(O)CCCCCCCCCCCC(C)C)[C@@H](O)[C@@H]2O)OC(CO)[C@@H](O)[C@@H]1OC(=O)CC(O)CCCCCCCCCC(C)C. The Morgan fingerprint density at radius 1 is 0.444 bits per heavy atom. The van der Waals surface area contributed by atoms with Crippen LogP contribution in [0.5, 0.6) is 0 Å². The van der Waals surface area contributed by atoms with Gasteiger partial charge >= 0.3 is 19.5 Å². The van der Waals surface area contributed by atoms with Gasteiger partial charge in [0.2, 0.25) is 11.8 Å². The molecule has 0 aromatic rings. The summed E-state index contributed by atoms with van der Waals surface area (Å²) in [5.74, 6) is -0.622. The molecule has 0 aromatic heterocycles. The number of rotatable bonds is 64. The lowest BCUT2D eigenvalue weighted by molar-refractivity contribution is -0.297. The monoisotopic (exact) mass is 1430 g/mol. The predicted octanol–water partition coefficient (Wildman–Crippen LogP) is 15.6. The summed E-state index contributed by atoms with van der Waals surface area (Å²) < 4.78 is 48.6. The number of amides is 2. The van der Waals surface area contributed by atoms with E-state index in [4.69, 9.17) is 28.2 Å². The summed E-state index contributed by atoms with van der Waals surface area (Å²) in [6.45, 7) is 15.0. The van der Waals surface area contributed by atoms with E-state index in [0.29, 0.717) is 56.8 Å². The van der Waals surface area contributed by atoms with Gasteiger partial charge in [-0.25, -0.2) is 0 Å². The Morgan fingerprint density at radius 3 is 1.24 bits per heavy atom. The first-order valence-electron chi connectivity index (χ1n) is 40.3. The van der Waals surface area contributed by atoms with E-state index in [1.807, 2.05) is 0 Å². The molecule has 2 heterocycles. The maximum absolute atomic E-state index is 14.6. The molecule has 2 rings (SSSR count). The lowest BCUT2D eigenvalue weighted by Gasteiger charge is -2.45. The minimum Gasteiger partial charge on any atom is -0.462 e. The van der Waals surface area contributed by atoms with E-state index >= 15 is 0 Å². The summed E-state index contributed by atoms with van der Waals surface area (Å²) in [6, 6.07) is -3.16. The Bertz CT molecular complexity index is 2050. The molecule has 9 N–H and O–H groups in total. The number of hydrogen-bond acceptors (Lipinski definition) is 17. The van der Waals surface area contributed by atoms with Crippen LogP contribution in [-0.4, -0.2) is 159 Å². The van der Waals surface area contributed by atoms with Crippen LogP contribution in [0.2, 0.25) is 0 Å². The van der Waals surface area contributed by atoms with E-state index in [-0.39, 0.29) is 19.3 Å². The molecule has 2 fully saturated rings. The van der Waals surface area contributed by atoms with Crippen LogP contribution in [0.3, 0.4) is 0 Å². The largest absolute Gasteiger partial charge is 0.462 e. The molecule has 0 aromatic carbocycles. The average molecular weight is 1430 g/mol. The molecule has 2 amide bonds. The number of hydrogen-bond donors (Lipinski definition) is 9. The van der Waals surface area contributed by atoms with Crippen LogP contribution >= 0.6 is 7.60 Å². The van der Waals surface area contributed by atoms with Crippen LogP contribution in [0.25, 0.3) is 0 Å². The summed E-state index contributed by atoms with van der Waals surface area (Å²) in [5, 5.41) is 72.9. The minimum absolute atomic E-state index is 0.190. The fraction of sp³-hybridized carbons (Fsp3) is 0.949. The number of unbranched alkanes of at least 4 members (excludes halogenated alkanes) is 34. The highest BCUT2D eigenvalue weighted by Crippen LogP contribution is 2.41. The van der Waals surface area contributed by atoms with E-state index < -0.39 is 131 Å². The standard InChI is InChI=1S/C78H149N2O18P/c1-9-10-11-12-13-14-15-16-17-24-32-39-46-53-69(86)94-64(52-45-38-31-23-19-21-27-34-41-48-60(4)5)56-68(85)80-72-76(97-70(87)55-63(83)51-44-37-30-25-28-35-42-49-61(6)7)74(89)65(57-81)95-77(72)93-58-66-73(88)75(90)71(78(96-66)98-99(8,91)92)79-67(84)54-62(82)50-43-36-29-22-18-20-26-33-40-47-59(2)3/h59-66,71-78,81-83,88-90H,9-58H2,1-8H3,(H,79,84)(H,80,85)(H,91,92)/t62?,63?,64?,65?,66?,71?,72?,73-,74-,75-,76-,77-,78-/m1/s1. The predicted molar refractivity (Wildman–Crippen MR) is 393 cm³/mol. The van der Waals surface area contributed by atoms with Crippen LogP contribution < -0.4 is 10.6 Å². The zero-order valence-corrected chi connectivity index (χ0v) is 64.6. The Morgan fingerprint density at radius 2 is 0.818 bits per heavy atom. The molecule has 2 aliphatic heterocycles. The number of carbonyl (C=O) groups excluding carboxylic acids is 4. The van der Waals surface area contributed by atoms with Crippen molar-refractivity contribution < 1.29 is 87.5 Å². The van der Waals surface area contributed by atoms with E-state index in [0.717, 1.165) is 109 Å². The van der Waals surface area contributed by atoms with Gasteiger partial charge in [-0.2, -0.15) is 0 Å². The molecule has 20 nitrogen and oxygen atoms in total. The second-order valence-corrected chi connectivity index (χ2v) is 32.7. The highest BCUT2D eigenvalue weighted by molar-refractivity contribution is 7.51. The third-order valence-corrected chi connectivity index (χ3v) is 20.3. The highest BCUT2D eigenvalue weighted by Gasteiger charge is 2.51. The first-order valence-corrected chi connectivity index (χ1v) is 42.4. The molecule has 8 unspecified atom stereocenters. The smallest absolute Gasteiger partial charge is 0.327 e. The Labute approximate surface area is 600 Å². The summed E-state index contributed by atoms with van der Waals surface area (Å²) >= 11 is 0. The lowest BCUT2D eigenvalue weighted by Crippen LogP contribution is -2.67. The van der Waals surface area contributed by atoms with Gasteiger partial charge in [0, 0.05) is 13.1 Å². The molecule has 0 spiro atoms. The van der Waals surface area contributed by atoms with Gasteiger partial charge in [0.15, 0.2) is 18.7 Å². The van der Waals surface area contributed by atoms with Crippen molar-refractivity contribution in [2.75, 3.05) is 19.9 Å². The third kappa shape index (κ3) is 47.7. The highest BCUT2D eigenvalue weighted by atomic mass is 31.2. The summed E-state index contributed by atoms with van der Waals surface area (Å²) in [5.41, 5.74) is 0. The maximum atomic E-state index is 14.6. The van der Waals surface area contributed by atoms with Crippen LogP contribution in [0.4, 0.5) is 0 Å². The van der Waals surface area contributed by atoms with Crippen molar-refractivity contribution in [2.24, 2.45) is 17.8 Å². The zero-order chi connectivity index (χ0) is 73.1. The van der Waals surface area contributed by atoms with Gasteiger partial charge in [0.05, 0.1) is 44.7 Å². The number of carbonyl (C=O) groups is 4. The normalized spacial score (nSPS) is 22.7. The van der Waals surface area contributed by atoms with Crippen molar-refractivity contribution in [3.8, 4) is 0 Å². The first-order chi connectivity index (χ1) is 47.4. The summed E-state index contributed by atoms with van der Waals surface area (Å²) in [7, 11) is -4.44. The van der Waals surface area contributed by atoms with Gasteiger partial charge in [-0.05, 0) is 49.9 Å². The molecule has 21 heteroatoms. The summed E-state index contributed by atoms with van der Waals surface area (Å²) in [4.78, 5) is 65.9. The molecular formula is C78H149N2O18P. The molecular weight excluding hydrogens is 1280 g/mol. The maximum Gasteiger partial charge on any atom is 0.327 e. The fourth-order valence-corrected chi connectivity index (χ4v) is 14.2. The van der Waals surface area contributed by atoms with Crippen molar-refractivity contribution in [1.29, 1.82) is 0 Å². The first kappa shape index (κ1) is 92.8. The van der Waals surface area contributed by atoms with Gasteiger partial charge in [0.25, 0.3) is 0 Å². The second kappa shape index (κ2) is 57.9. The van der Waals surface area contributed by atoms with Crippen molar-refractivity contribution in [3.05, 3.63) is 0 Å². The molecule has 0 bridgehead atoms. The Hall–Kier alpha value is -2.33. The second-order valence-electron chi connectivity index (χ2n) is 30.9. The Balaban J connectivity index is 2.31. The van der Waals surface area contributed by atoms with Crippen molar-refractivity contribution >= 4 is 31.3 Å².